The van der Waals surface area contributed by atoms with E-state index in [0.29, 0.717) is 6.54 Å². The molecule has 2 unspecified atom stereocenters. The van der Waals surface area contributed by atoms with Crippen molar-refractivity contribution in [3.8, 4) is 5.69 Å². The summed E-state index contributed by atoms with van der Waals surface area (Å²) in [6, 6.07) is 9.99. The smallest absolute Gasteiger partial charge is 0.105 e. The second-order valence-corrected chi connectivity index (χ2v) is 6.25. The highest BCUT2D eigenvalue weighted by Gasteiger charge is 2.20. The Labute approximate surface area is 124 Å². The van der Waals surface area contributed by atoms with Crippen molar-refractivity contribution in [1.29, 1.82) is 0 Å². The fraction of sp³-hybridized carbons (Fsp3) is 0.400. The van der Waals surface area contributed by atoms with E-state index in [4.69, 9.17) is 5.73 Å². The van der Waals surface area contributed by atoms with E-state index in [-0.39, 0.29) is 11.4 Å². The highest BCUT2D eigenvalue weighted by molar-refractivity contribution is 8.00. The Bertz CT molecular complexity index is 566. The molecule has 2 aromatic rings. The van der Waals surface area contributed by atoms with Crippen LogP contribution in [-0.4, -0.2) is 26.2 Å². The average Bonchev–Trinajstić information content (AvgIpc) is 2.75. The van der Waals surface area contributed by atoms with Crippen LogP contribution in [0, 0.1) is 6.92 Å². The van der Waals surface area contributed by atoms with Crippen molar-refractivity contribution in [1.82, 2.24) is 9.78 Å². The first-order valence-corrected chi connectivity index (χ1v) is 7.61. The number of para-hydroxylation sites is 1. The van der Waals surface area contributed by atoms with Crippen LogP contribution in [0.4, 0.5) is 0 Å². The monoisotopic (exact) mass is 291 g/mol. The van der Waals surface area contributed by atoms with E-state index < -0.39 is 0 Å². The van der Waals surface area contributed by atoms with Crippen LogP contribution in [0.5, 0.6) is 0 Å². The molecule has 0 saturated carbocycles. The van der Waals surface area contributed by atoms with E-state index in [1.54, 1.807) is 18.7 Å². The van der Waals surface area contributed by atoms with Gasteiger partial charge in [0.2, 0.25) is 0 Å². The van der Waals surface area contributed by atoms with Crippen molar-refractivity contribution < 1.29 is 5.11 Å². The van der Waals surface area contributed by atoms with Crippen LogP contribution >= 0.6 is 11.8 Å². The van der Waals surface area contributed by atoms with Crippen LogP contribution in [0.3, 0.4) is 0 Å². The highest BCUT2D eigenvalue weighted by Crippen LogP contribution is 2.32. The molecular formula is C15H21N3OS. The zero-order valence-electron chi connectivity index (χ0n) is 12.1. The van der Waals surface area contributed by atoms with E-state index in [0.717, 1.165) is 22.0 Å². The summed E-state index contributed by atoms with van der Waals surface area (Å²) >= 11 is 1.62. The summed E-state index contributed by atoms with van der Waals surface area (Å²) in [6.45, 7) is 6.23. The van der Waals surface area contributed by atoms with Crippen molar-refractivity contribution >= 4 is 11.8 Å². The lowest BCUT2D eigenvalue weighted by Gasteiger charge is -2.16. The largest absolute Gasteiger partial charge is 0.392 e. The van der Waals surface area contributed by atoms with Crippen LogP contribution in [0.25, 0.3) is 5.69 Å². The molecule has 2 rings (SSSR count). The number of aliphatic hydroxyl groups excluding tert-OH is 1. The number of benzene rings is 1. The van der Waals surface area contributed by atoms with Gasteiger partial charge >= 0.3 is 0 Å². The molecule has 0 aliphatic rings. The number of hydrogen-bond acceptors (Lipinski definition) is 4. The average molecular weight is 291 g/mol. The standard InChI is InChI=1S/C15H21N3OS/c1-10-14(9-16)15(20-12(3)11(2)19)18(17-10)13-7-5-4-6-8-13/h4-8,11-12,19H,9,16H2,1-3H3. The van der Waals surface area contributed by atoms with Gasteiger partial charge in [0.05, 0.1) is 17.5 Å². The van der Waals surface area contributed by atoms with Crippen LogP contribution < -0.4 is 5.73 Å². The molecule has 1 aromatic heterocycles. The molecule has 3 N–H and O–H groups in total. The Balaban J connectivity index is 2.47. The molecule has 5 heteroatoms. The van der Waals surface area contributed by atoms with Gasteiger partial charge in [-0.05, 0) is 26.0 Å². The van der Waals surface area contributed by atoms with E-state index in [1.807, 2.05) is 48.9 Å². The third-order valence-corrected chi connectivity index (χ3v) is 4.73. The molecule has 0 fully saturated rings. The first-order chi connectivity index (χ1) is 9.54. The Hall–Kier alpha value is -1.30. The molecule has 4 nitrogen and oxygen atoms in total. The SMILES string of the molecule is Cc1nn(-c2ccccc2)c(SC(C)C(C)O)c1CN. The number of aliphatic hydroxyl groups is 1. The van der Waals surface area contributed by atoms with Crippen molar-refractivity contribution in [3.63, 3.8) is 0 Å². The van der Waals surface area contributed by atoms with Gasteiger partial charge in [0.15, 0.2) is 0 Å². The van der Waals surface area contributed by atoms with Gasteiger partial charge in [-0.1, -0.05) is 25.1 Å². The molecule has 0 radical (unpaired) electrons. The molecule has 0 aliphatic heterocycles. The molecule has 0 bridgehead atoms. The lowest BCUT2D eigenvalue weighted by Crippen LogP contribution is -2.16. The van der Waals surface area contributed by atoms with Crippen LogP contribution in [-0.2, 0) is 6.54 Å². The molecule has 108 valence electrons. The van der Waals surface area contributed by atoms with E-state index in [2.05, 4.69) is 5.10 Å². The number of aryl methyl sites for hydroxylation is 1. The summed E-state index contributed by atoms with van der Waals surface area (Å²) in [5.41, 5.74) is 8.86. The van der Waals surface area contributed by atoms with E-state index in [1.165, 1.54) is 0 Å². The summed E-state index contributed by atoms with van der Waals surface area (Å²) in [4.78, 5) is 0. The maximum atomic E-state index is 9.73. The predicted molar refractivity (Wildman–Crippen MR) is 83.2 cm³/mol. The Morgan fingerprint density at radius 1 is 1.30 bits per heavy atom. The molecule has 2 atom stereocenters. The fourth-order valence-electron chi connectivity index (χ4n) is 1.91. The number of aromatic nitrogens is 2. The molecule has 1 heterocycles. The first kappa shape index (κ1) is 15.1. The minimum Gasteiger partial charge on any atom is -0.392 e. The molecule has 0 amide bonds. The first-order valence-electron chi connectivity index (χ1n) is 6.73. The van der Waals surface area contributed by atoms with Crippen molar-refractivity contribution in [2.24, 2.45) is 5.73 Å². The maximum absolute atomic E-state index is 9.73. The maximum Gasteiger partial charge on any atom is 0.105 e. The molecular weight excluding hydrogens is 270 g/mol. The summed E-state index contributed by atoms with van der Waals surface area (Å²) < 4.78 is 1.92. The highest BCUT2D eigenvalue weighted by atomic mass is 32.2. The second-order valence-electron chi connectivity index (χ2n) is 4.88. The minimum absolute atomic E-state index is 0.0823. The quantitative estimate of drug-likeness (QED) is 0.831. The van der Waals surface area contributed by atoms with Crippen molar-refractivity contribution in [3.05, 3.63) is 41.6 Å². The lowest BCUT2D eigenvalue weighted by atomic mass is 10.3. The van der Waals surface area contributed by atoms with Crippen molar-refractivity contribution in [2.75, 3.05) is 0 Å². The van der Waals surface area contributed by atoms with Gasteiger partial charge in [-0.15, -0.1) is 11.8 Å². The lowest BCUT2D eigenvalue weighted by molar-refractivity contribution is 0.196. The predicted octanol–water partition coefficient (Wildman–Crippen LogP) is 2.50. The van der Waals surface area contributed by atoms with E-state index >= 15 is 0 Å². The topological polar surface area (TPSA) is 64.1 Å². The molecule has 20 heavy (non-hydrogen) atoms. The fourth-order valence-corrected chi connectivity index (χ4v) is 3.08. The summed E-state index contributed by atoms with van der Waals surface area (Å²) in [7, 11) is 0. The molecule has 1 aromatic carbocycles. The zero-order valence-corrected chi connectivity index (χ0v) is 12.9. The van der Waals surface area contributed by atoms with Crippen LogP contribution in [0.15, 0.2) is 35.4 Å². The van der Waals surface area contributed by atoms with Gasteiger partial charge in [0, 0.05) is 17.4 Å². The summed E-state index contributed by atoms with van der Waals surface area (Å²) in [5, 5.41) is 15.4. The van der Waals surface area contributed by atoms with E-state index in [9.17, 15) is 5.11 Å². The van der Waals surface area contributed by atoms with Crippen LogP contribution in [0.2, 0.25) is 0 Å². The number of nitrogens with two attached hydrogens (primary N) is 1. The Kier molecular flexibility index (Phi) is 4.86. The molecule has 0 saturated heterocycles. The van der Waals surface area contributed by atoms with Gasteiger partial charge in [-0.25, -0.2) is 4.68 Å². The van der Waals surface area contributed by atoms with Gasteiger partial charge < -0.3 is 10.8 Å². The van der Waals surface area contributed by atoms with Gasteiger partial charge in [0.25, 0.3) is 0 Å². The minimum atomic E-state index is -0.384. The van der Waals surface area contributed by atoms with Gasteiger partial charge in [-0.2, -0.15) is 5.10 Å². The molecule has 0 aliphatic carbocycles. The number of thioether (sulfide) groups is 1. The Morgan fingerprint density at radius 2 is 1.95 bits per heavy atom. The number of rotatable bonds is 5. The summed E-state index contributed by atoms with van der Waals surface area (Å²) in [5.74, 6) is 0. The third kappa shape index (κ3) is 3.06. The number of nitrogens with zero attached hydrogens (tertiary/aromatic N) is 2. The Morgan fingerprint density at radius 3 is 2.50 bits per heavy atom. The van der Waals surface area contributed by atoms with Crippen molar-refractivity contribution in [2.45, 2.75) is 43.7 Å². The number of hydrogen-bond donors (Lipinski definition) is 2. The third-order valence-electron chi connectivity index (χ3n) is 3.32. The van der Waals surface area contributed by atoms with Gasteiger partial charge in [0.1, 0.15) is 5.03 Å². The summed E-state index contributed by atoms with van der Waals surface area (Å²) in [6.07, 6.45) is -0.384. The second kappa shape index (κ2) is 6.43. The zero-order chi connectivity index (χ0) is 14.7. The van der Waals surface area contributed by atoms with Gasteiger partial charge in [-0.3, -0.25) is 0 Å². The normalized spacial score (nSPS) is 14.2. The molecule has 0 spiro atoms. The van der Waals surface area contributed by atoms with Crippen LogP contribution in [0.1, 0.15) is 25.1 Å².